The van der Waals surface area contributed by atoms with Crippen LogP contribution < -0.4 is 0 Å². The highest BCUT2D eigenvalue weighted by molar-refractivity contribution is 7.14. The van der Waals surface area contributed by atoms with Gasteiger partial charge in [0.2, 0.25) is 0 Å². The fourth-order valence-electron chi connectivity index (χ4n) is 3.45. The molecule has 0 spiro atoms. The van der Waals surface area contributed by atoms with Crippen molar-refractivity contribution in [2.45, 2.75) is 26.7 Å². The normalized spacial score (nSPS) is 14.8. The first kappa shape index (κ1) is 16.1. The van der Waals surface area contributed by atoms with E-state index < -0.39 is 0 Å². The molecule has 5 heteroatoms. The smallest absolute Gasteiger partial charge is 0.264 e. The van der Waals surface area contributed by atoms with Crippen LogP contribution in [0.3, 0.4) is 0 Å². The second-order valence-electron chi connectivity index (χ2n) is 6.38. The lowest BCUT2D eigenvalue weighted by atomic mass is 9.99. The van der Waals surface area contributed by atoms with Gasteiger partial charge in [-0.25, -0.2) is 4.98 Å². The maximum Gasteiger partial charge on any atom is 0.264 e. The van der Waals surface area contributed by atoms with Gasteiger partial charge in [-0.15, -0.1) is 11.3 Å². The molecule has 0 atom stereocenters. The third-order valence-corrected chi connectivity index (χ3v) is 5.99. The fourth-order valence-corrected chi connectivity index (χ4v) is 4.53. The largest absolute Gasteiger partial charge is 0.346 e. The van der Waals surface area contributed by atoms with Crippen LogP contribution in [0.4, 0.5) is 0 Å². The topological polar surface area (TPSA) is 49.0 Å². The number of aryl methyl sites for hydroxylation is 2. The van der Waals surface area contributed by atoms with Crippen LogP contribution in [0.15, 0.2) is 36.7 Å². The molecule has 0 aliphatic carbocycles. The van der Waals surface area contributed by atoms with Gasteiger partial charge < -0.3 is 9.88 Å². The van der Waals surface area contributed by atoms with Crippen molar-refractivity contribution < 1.29 is 4.79 Å². The van der Waals surface area contributed by atoms with Crippen molar-refractivity contribution in [2.75, 3.05) is 13.1 Å². The number of carbonyl (C=O) groups excluding carboxylic acids is 1. The fraction of sp³-hybridized carbons (Fsp3) is 0.300. The van der Waals surface area contributed by atoms with E-state index in [4.69, 9.17) is 0 Å². The Kier molecular flexibility index (Phi) is 4.17. The number of H-pyrrole nitrogens is 1. The van der Waals surface area contributed by atoms with E-state index in [2.05, 4.69) is 42.0 Å². The summed E-state index contributed by atoms with van der Waals surface area (Å²) in [5.74, 6) is 0.156. The summed E-state index contributed by atoms with van der Waals surface area (Å²) in [7, 11) is 0. The summed E-state index contributed by atoms with van der Waals surface area (Å²) in [6.07, 6.45) is 7.86. The molecule has 0 aromatic carbocycles. The number of amides is 1. The van der Waals surface area contributed by atoms with Crippen molar-refractivity contribution in [1.82, 2.24) is 14.9 Å². The SMILES string of the molecule is CCc1cc(C(=O)N2CC=C(c3c[nH]c4ncccc34)CC2)sc1C. The van der Waals surface area contributed by atoms with Crippen molar-refractivity contribution >= 4 is 33.9 Å². The average molecular weight is 351 g/mol. The Balaban J connectivity index is 1.54. The average Bonchev–Trinajstić information content (AvgIpc) is 3.24. The number of hydrogen-bond acceptors (Lipinski definition) is 3. The molecular formula is C20H21N3OS. The quantitative estimate of drug-likeness (QED) is 0.759. The van der Waals surface area contributed by atoms with Gasteiger partial charge in [-0.1, -0.05) is 13.0 Å². The van der Waals surface area contributed by atoms with Crippen LogP contribution in [0, 0.1) is 6.92 Å². The lowest BCUT2D eigenvalue weighted by molar-refractivity contribution is 0.0777. The maximum atomic E-state index is 12.8. The highest BCUT2D eigenvalue weighted by Crippen LogP contribution is 2.30. The monoisotopic (exact) mass is 351 g/mol. The van der Waals surface area contributed by atoms with Gasteiger partial charge in [0.1, 0.15) is 5.65 Å². The van der Waals surface area contributed by atoms with Crippen LogP contribution in [0.2, 0.25) is 0 Å². The molecule has 1 amide bonds. The van der Waals surface area contributed by atoms with Crippen LogP contribution in [-0.2, 0) is 6.42 Å². The molecule has 0 unspecified atom stereocenters. The summed E-state index contributed by atoms with van der Waals surface area (Å²) < 4.78 is 0. The van der Waals surface area contributed by atoms with E-state index in [9.17, 15) is 4.79 Å². The standard InChI is InChI=1S/C20H21N3OS/c1-3-14-11-18(25-13(14)2)20(24)23-9-6-15(7-10-23)17-12-22-19-16(17)5-4-8-21-19/h4-6,8,11-12H,3,7,9-10H2,1-2H3,(H,21,22). The maximum absolute atomic E-state index is 12.8. The number of pyridine rings is 1. The Morgan fingerprint density at radius 3 is 3.04 bits per heavy atom. The zero-order valence-corrected chi connectivity index (χ0v) is 15.3. The third-order valence-electron chi connectivity index (χ3n) is 4.91. The summed E-state index contributed by atoms with van der Waals surface area (Å²) in [6, 6.07) is 6.11. The first-order valence-electron chi connectivity index (χ1n) is 8.67. The van der Waals surface area contributed by atoms with E-state index in [1.807, 2.05) is 17.2 Å². The molecule has 1 aliphatic heterocycles. The molecule has 0 saturated carbocycles. The van der Waals surface area contributed by atoms with E-state index in [0.717, 1.165) is 35.3 Å². The number of aromatic nitrogens is 2. The van der Waals surface area contributed by atoms with Crippen LogP contribution >= 0.6 is 11.3 Å². The number of fused-ring (bicyclic) bond motifs is 1. The number of aromatic amines is 1. The molecular weight excluding hydrogens is 330 g/mol. The number of hydrogen-bond donors (Lipinski definition) is 1. The summed E-state index contributed by atoms with van der Waals surface area (Å²) in [6.45, 7) is 5.66. The van der Waals surface area contributed by atoms with Crippen LogP contribution in [-0.4, -0.2) is 33.9 Å². The van der Waals surface area contributed by atoms with Gasteiger partial charge in [0.15, 0.2) is 0 Å². The Hall–Kier alpha value is -2.40. The second-order valence-corrected chi connectivity index (χ2v) is 7.63. The minimum Gasteiger partial charge on any atom is -0.346 e. The van der Waals surface area contributed by atoms with E-state index in [1.54, 1.807) is 17.5 Å². The van der Waals surface area contributed by atoms with E-state index >= 15 is 0 Å². The van der Waals surface area contributed by atoms with Crippen molar-refractivity contribution in [3.8, 4) is 0 Å². The summed E-state index contributed by atoms with van der Waals surface area (Å²) >= 11 is 1.62. The van der Waals surface area contributed by atoms with Gasteiger partial charge in [-0.05, 0) is 49.1 Å². The lowest BCUT2D eigenvalue weighted by Gasteiger charge is -2.26. The Morgan fingerprint density at radius 2 is 2.32 bits per heavy atom. The van der Waals surface area contributed by atoms with Gasteiger partial charge >= 0.3 is 0 Å². The lowest BCUT2D eigenvalue weighted by Crippen LogP contribution is -2.34. The zero-order chi connectivity index (χ0) is 17.4. The van der Waals surface area contributed by atoms with E-state index in [0.29, 0.717) is 6.54 Å². The van der Waals surface area contributed by atoms with Gasteiger partial charge in [0.25, 0.3) is 5.91 Å². The van der Waals surface area contributed by atoms with Crippen LogP contribution in [0.25, 0.3) is 16.6 Å². The molecule has 0 fully saturated rings. The zero-order valence-electron chi connectivity index (χ0n) is 14.5. The molecule has 4 nitrogen and oxygen atoms in total. The molecule has 0 radical (unpaired) electrons. The molecule has 4 heterocycles. The van der Waals surface area contributed by atoms with E-state index in [-0.39, 0.29) is 5.91 Å². The first-order valence-corrected chi connectivity index (χ1v) is 9.49. The second kappa shape index (κ2) is 6.48. The predicted octanol–water partition coefficient (Wildman–Crippen LogP) is 4.42. The molecule has 1 N–H and O–H groups in total. The summed E-state index contributed by atoms with van der Waals surface area (Å²) in [4.78, 5) is 24.4. The Morgan fingerprint density at radius 1 is 1.44 bits per heavy atom. The molecule has 0 bridgehead atoms. The molecule has 128 valence electrons. The molecule has 25 heavy (non-hydrogen) atoms. The highest BCUT2D eigenvalue weighted by atomic mass is 32.1. The Bertz CT molecular complexity index is 966. The van der Waals surface area contributed by atoms with Crippen molar-refractivity contribution in [3.05, 3.63) is 57.6 Å². The minimum absolute atomic E-state index is 0.156. The van der Waals surface area contributed by atoms with Gasteiger partial charge in [-0.2, -0.15) is 0 Å². The molecule has 1 aliphatic rings. The van der Waals surface area contributed by atoms with Crippen molar-refractivity contribution in [3.63, 3.8) is 0 Å². The summed E-state index contributed by atoms with van der Waals surface area (Å²) in [5, 5.41) is 1.15. The van der Waals surface area contributed by atoms with Gasteiger partial charge in [0, 0.05) is 41.3 Å². The number of thiophene rings is 1. The molecule has 3 aromatic rings. The number of nitrogens with one attached hydrogen (secondary N) is 1. The number of nitrogens with zero attached hydrogens (tertiary/aromatic N) is 2. The van der Waals surface area contributed by atoms with Crippen molar-refractivity contribution in [1.29, 1.82) is 0 Å². The first-order chi connectivity index (χ1) is 12.2. The van der Waals surface area contributed by atoms with Crippen molar-refractivity contribution in [2.24, 2.45) is 0 Å². The number of rotatable bonds is 3. The molecule has 3 aromatic heterocycles. The van der Waals surface area contributed by atoms with Gasteiger partial charge in [0.05, 0.1) is 4.88 Å². The van der Waals surface area contributed by atoms with Gasteiger partial charge in [-0.3, -0.25) is 4.79 Å². The third kappa shape index (κ3) is 2.89. The summed E-state index contributed by atoms with van der Waals surface area (Å²) in [5.41, 5.74) is 4.70. The number of carbonyl (C=O) groups is 1. The minimum atomic E-state index is 0.156. The van der Waals surface area contributed by atoms with Crippen LogP contribution in [0.1, 0.15) is 39.0 Å². The highest BCUT2D eigenvalue weighted by Gasteiger charge is 2.22. The molecule has 0 saturated heterocycles. The van der Waals surface area contributed by atoms with E-state index in [1.165, 1.54) is 21.6 Å². The molecule has 4 rings (SSSR count). The van der Waals surface area contributed by atoms with Crippen LogP contribution in [0.5, 0.6) is 0 Å². The Labute approximate surface area is 151 Å². The predicted molar refractivity (Wildman–Crippen MR) is 103 cm³/mol.